The fraction of sp³-hybridized carbons (Fsp3) is 0.904. The van der Waals surface area contributed by atoms with Crippen molar-refractivity contribution in [1.82, 2.24) is 15.1 Å². The molecule has 3 unspecified atom stereocenters. The Hall–Kier alpha value is -2.09. The van der Waals surface area contributed by atoms with Crippen molar-refractivity contribution in [1.29, 1.82) is 0 Å². The van der Waals surface area contributed by atoms with Crippen LogP contribution in [0.4, 0.5) is 0 Å². The smallest absolute Gasteiger partial charge is 0.311 e. The summed E-state index contributed by atoms with van der Waals surface area (Å²) in [7, 11) is 3.72. The van der Waals surface area contributed by atoms with E-state index < -0.39 is 94.9 Å². The van der Waals surface area contributed by atoms with E-state index in [-0.39, 0.29) is 79.2 Å². The molecule has 390 valence electrons. The number of ketones is 1. The second kappa shape index (κ2) is 20.8. The fourth-order valence-corrected chi connectivity index (χ4v) is 14.6. The summed E-state index contributed by atoms with van der Waals surface area (Å²) < 4.78 is 18.6. The van der Waals surface area contributed by atoms with Crippen molar-refractivity contribution in [3.8, 4) is 0 Å². The fourth-order valence-electron chi connectivity index (χ4n) is 14.6. The van der Waals surface area contributed by atoms with E-state index in [0.717, 1.165) is 18.4 Å². The lowest BCUT2D eigenvalue weighted by molar-refractivity contribution is -0.299. The van der Waals surface area contributed by atoms with E-state index in [2.05, 4.69) is 12.2 Å². The molecule has 0 aromatic carbocycles. The van der Waals surface area contributed by atoms with Gasteiger partial charge in [0.15, 0.2) is 12.1 Å². The van der Waals surface area contributed by atoms with Crippen LogP contribution >= 0.6 is 0 Å². The highest BCUT2D eigenvalue weighted by Crippen LogP contribution is 2.67. The maximum absolute atomic E-state index is 14.3. The van der Waals surface area contributed by atoms with Crippen LogP contribution in [0.15, 0.2) is 11.6 Å². The highest BCUT2D eigenvalue weighted by molar-refractivity contribution is 5.91. The molecule has 1 amide bonds. The van der Waals surface area contributed by atoms with Gasteiger partial charge < -0.3 is 60.2 Å². The van der Waals surface area contributed by atoms with Gasteiger partial charge in [0, 0.05) is 49.5 Å². The van der Waals surface area contributed by atoms with Gasteiger partial charge in [-0.15, -0.1) is 0 Å². The van der Waals surface area contributed by atoms with Gasteiger partial charge in [-0.1, -0.05) is 40.2 Å². The first-order chi connectivity index (χ1) is 31.5. The lowest BCUT2D eigenvalue weighted by Crippen LogP contribution is -2.63. The predicted molar refractivity (Wildman–Crippen MR) is 255 cm³/mol. The van der Waals surface area contributed by atoms with Crippen molar-refractivity contribution in [3.63, 3.8) is 0 Å². The third-order valence-electron chi connectivity index (χ3n) is 18.6. The molecule has 6 rings (SSSR count). The number of hydrogen-bond donors (Lipinski definition) is 8. The van der Waals surface area contributed by atoms with Crippen molar-refractivity contribution in [3.05, 3.63) is 11.6 Å². The molecule has 8 N–H and O–H groups in total. The summed E-state index contributed by atoms with van der Waals surface area (Å²) in [6.45, 7) is 18.5. The van der Waals surface area contributed by atoms with Crippen molar-refractivity contribution in [2.24, 2.45) is 46.3 Å². The van der Waals surface area contributed by atoms with Crippen LogP contribution in [0.2, 0.25) is 0 Å². The zero-order chi connectivity index (χ0) is 50.6. The van der Waals surface area contributed by atoms with Crippen LogP contribution < -0.4 is 5.32 Å². The van der Waals surface area contributed by atoms with Gasteiger partial charge in [0.2, 0.25) is 0 Å². The van der Waals surface area contributed by atoms with Gasteiger partial charge in [-0.05, 0) is 148 Å². The van der Waals surface area contributed by atoms with Gasteiger partial charge in [-0.2, -0.15) is 0 Å². The second-order valence-corrected chi connectivity index (χ2v) is 23.8. The van der Waals surface area contributed by atoms with E-state index in [9.17, 15) is 50.1 Å². The number of likely N-dealkylation sites (N-methyl/N-ethyl adjacent to an activating group) is 1. The number of carbonyl (C=O) groups excluding carboxylic acids is 3. The normalized spacial score (nSPS) is 48.9. The molecule has 21 atom stereocenters. The highest BCUT2D eigenvalue weighted by atomic mass is 16.7. The summed E-state index contributed by atoms with van der Waals surface area (Å²) in [5.41, 5.74) is -5.30. The zero-order valence-electron chi connectivity index (χ0n) is 43.2. The first-order valence-electron chi connectivity index (χ1n) is 25.9. The van der Waals surface area contributed by atoms with Crippen molar-refractivity contribution in [2.45, 2.75) is 218 Å². The number of hydrogen-bond acceptors (Lipinski definition) is 15. The average Bonchev–Trinajstić information content (AvgIpc) is 3.54. The van der Waals surface area contributed by atoms with Crippen LogP contribution in [0, 0.1) is 46.3 Å². The quantitative estimate of drug-likeness (QED) is 0.122. The van der Waals surface area contributed by atoms with Crippen molar-refractivity contribution >= 4 is 17.7 Å². The number of ether oxygens (including phenoxy) is 3. The molecule has 6 aliphatic rings. The SMILES string of the molecule is CC[C@H]1OC(=O)[C@H](C)[C@@H](O)[C@H](C)[C@@H](O[C@@H]2O[C@H](C)C[C@@H](N(C)C)[C@H]2O)[C@](C)(O)C[C@@H](C)CN(CCCNC(=O)[C@@]2(O)CCC3C4CCC5=CC(=O)CC[C@]5(C)C4[C@@H](O)C[C@@]32C)[C@H](C)[C@@H](O)[C@]1(C)O. The minimum absolute atomic E-state index is 0.0288. The number of fused-ring (bicyclic) bond motifs is 5. The van der Waals surface area contributed by atoms with Gasteiger partial charge in [0.1, 0.15) is 29.5 Å². The Morgan fingerprint density at radius 3 is 2.26 bits per heavy atom. The minimum atomic E-state index is -1.93. The molecule has 0 radical (unpaired) electrons. The minimum Gasteiger partial charge on any atom is -0.459 e. The summed E-state index contributed by atoms with van der Waals surface area (Å²) in [4.78, 5) is 44.3. The number of amides is 1. The van der Waals surface area contributed by atoms with Gasteiger partial charge in [-0.25, -0.2) is 0 Å². The molecule has 2 aliphatic heterocycles. The van der Waals surface area contributed by atoms with Crippen molar-refractivity contribution in [2.75, 3.05) is 33.7 Å². The summed E-state index contributed by atoms with van der Waals surface area (Å²) >= 11 is 0. The van der Waals surface area contributed by atoms with E-state index in [1.165, 1.54) is 13.8 Å². The molecule has 0 spiro atoms. The van der Waals surface area contributed by atoms with Gasteiger partial charge in [-0.3, -0.25) is 19.3 Å². The number of rotatable bonds is 9. The number of nitrogens with zero attached hydrogens (tertiary/aromatic N) is 2. The molecular formula is C52H89N3O13. The van der Waals surface area contributed by atoms with Crippen LogP contribution in [0.3, 0.4) is 0 Å². The molecular weight excluding hydrogens is 875 g/mol. The summed E-state index contributed by atoms with van der Waals surface area (Å²) in [6, 6.07) is -1.03. The van der Waals surface area contributed by atoms with E-state index in [1.807, 2.05) is 44.7 Å². The molecule has 3 saturated carbocycles. The molecule has 16 heteroatoms. The van der Waals surface area contributed by atoms with E-state index in [4.69, 9.17) is 14.2 Å². The Morgan fingerprint density at radius 2 is 1.62 bits per heavy atom. The first-order valence-corrected chi connectivity index (χ1v) is 25.9. The van der Waals surface area contributed by atoms with Crippen molar-refractivity contribution < 1.29 is 64.3 Å². The Bertz CT molecular complexity index is 1830. The zero-order valence-corrected chi connectivity index (χ0v) is 43.2. The molecule has 5 fully saturated rings. The Balaban J connectivity index is 1.20. The molecule has 2 heterocycles. The standard InChI is InChI=1S/C52H89N3O13/c1-13-39-51(10,64)43(60)32(6)55(27-28(2)25-50(9,63)44(30(4)41(58)31(5)45(61)67-39)68-46-42(59)37(54(11)12)23-29(3)66-46)22-14-21-53-47(62)52(65)20-18-36-35-16-15-33-24-34(56)17-19-48(33,7)40(35)38(57)26-49(36,52)8/h24,28-32,35-44,46,57-60,63-65H,13-23,25-27H2,1-12H3,(H,53,62)/t28-,29-,30+,31-,32-,35?,36?,37-,38+,39-,40?,41+,42-,43-,44-,46+,48+,49+,50-,51-,52+/m1/s1. The molecule has 0 aromatic heterocycles. The third kappa shape index (κ3) is 10.3. The average molecular weight is 964 g/mol. The predicted octanol–water partition coefficient (Wildman–Crippen LogP) is 3.09. The van der Waals surface area contributed by atoms with E-state index >= 15 is 0 Å². The lowest BCUT2D eigenvalue weighted by Gasteiger charge is -2.60. The molecule has 0 bridgehead atoms. The number of aliphatic hydroxyl groups excluding tert-OH is 4. The third-order valence-corrected chi connectivity index (χ3v) is 18.6. The van der Waals surface area contributed by atoms with Gasteiger partial charge in [0.25, 0.3) is 5.91 Å². The largest absolute Gasteiger partial charge is 0.459 e. The maximum Gasteiger partial charge on any atom is 0.311 e. The number of nitrogens with one attached hydrogen (secondary N) is 1. The summed E-state index contributed by atoms with van der Waals surface area (Å²) in [5, 5.41) is 87.1. The number of allylic oxidation sites excluding steroid dienone is 1. The Kier molecular flexibility index (Phi) is 16.9. The Labute approximate surface area is 405 Å². The highest BCUT2D eigenvalue weighted by Gasteiger charge is 2.68. The first kappa shape index (κ1) is 55.2. The number of carbonyl (C=O) groups is 3. The second-order valence-electron chi connectivity index (χ2n) is 23.8. The van der Waals surface area contributed by atoms with Gasteiger partial charge in [0.05, 0.1) is 35.9 Å². The molecule has 68 heavy (non-hydrogen) atoms. The van der Waals surface area contributed by atoms with Gasteiger partial charge >= 0.3 is 5.97 Å². The van der Waals surface area contributed by atoms with Crippen LogP contribution in [-0.2, 0) is 28.6 Å². The van der Waals surface area contributed by atoms with Crippen LogP contribution in [0.5, 0.6) is 0 Å². The monoisotopic (exact) mass is 964 g/mol. The summed E-state index contributed by atoms with van der Waals surface area (Å²) in [5.74, 6) is -3.33. The molecule has 4 aliphatic carbocycles. The van der Waals surface area contributed by atoms with E-state index in [0.29, 0.717) is 45.2 Å². The topological polar surface area (TPSA) is 239 Å². The molecule has 0 aromatic rings. The summed E-state index contributed by atoms with van der Waals surface area (Å²) in [6.07, 6.45) is -1.37. The maximum atomic E-state index is 14.3. The number of cyclic esters (lactones) is 1. The molecule has 2 saturated heterocycles. The van der Waals surface area contributed by atoms with Crippen LogP contribution in [-0.4, -0.2) is 175 Å². The molecule has 16 nitrogen and oxygen atoms in total. The lowest BCUT2D eigenvalue weighted by atomic mass is 9.45. The number of esters is 1. The van der Waals surface area contributed by atoms with Crippen LogP contribution in [0.25, 0.3) is 0 Å². The van der Waals surface area contributed by atoms with Crippen LogP contribution in [0.1, 0.15) is 140 Å². The number of aliphatic hydroxyl groups is 7. The van der Waals surface area contributed by atoms with E-state index in [1.54, 1.807) is 33.8 Å². The Morgan fingerprint density at radius 1 is 0.941 bits per heavy atom.